The van der Waals surface area contributed by atoms with Gasteiger partial charge in [-0.3, -0.25) is 14.6 Å². The van der Waals surface area contributed by atoms with Crippen LogP contribution < -0.4 is 10.7 Å². The normalized spacial score (nSPS) is 11.0. The van der Waals surface area contributed by atoms with E-state index in [-0.39, 0.29) is 12.3 Å². The van der Waals surface area contributed by atoms with E-state index in [9.17, 15) is 14.0 Å². The van der Waals surface area contributed by atoms with Crippen molar-refractivity contribution >= 4 is 23.2 Å². The number of halogens is 1. The van der Waals surface area contributed by atoms with Crippen molar-refractivity contribution in [1.29, 1.82) is 0 Å². The van der Waals surface area contributed by atoms with Gasteiger partial charge in [-0.2, -0.15) is 5.10 Å². The quantitative estimate of drug-likeness (QED) is 0.656. The van der Waals surface area contributed by atoms with Gasteiger partial charge in [0.15, 0.2) is 0 Å². The molecule has 0 aliphatic carbocycles. The first-order chi connectivity index (χ1) is 11.0. The minimum atomic E-state index is -0.433. The van der Waals surface area contributed by atoms with Crippen LogP contribution in [-0.4, -0.2) is 22.5 Å². The number of carbonyl (C=O) groups excluding carboxylic acids is 2. The van der Waals surface area contributed by atoms with Crippen LogP contribution in [0.4, 0.5) is 10.1 Å². The van der Waals surface area contributed by atoms with Gasteiger partial charge in [-0.25, -0.2) is 9.82 Å². The van der Waals surface area contributed by atoms with Crippen molar-refractivity contribution in [2.24, 2.45) is 5.10 Å². The first-order valence-corrected chi connectivity index (χ1v) is 6.83. The second kappa shape index (κ2) is 7.79. The van der Waals surface area contributed by atoms with Gasteiger partial charge < -0.3 is 5.32 Å². The molecule has 0 atom stereocenters. The zero-order valence-corrected chi connectivity index (χ0v) is 12.4. The SMILES string of the molecule is C/C(CC(=O)Nc1cccc(F)c1)=N\NC(=O)c1cccnc1. The van der Waals surface area contributed by atoms with Gasteiger partial charge in [-0.1, -0.05) is 6.07 Å². The maximum absolute atomic E-state index is 13.0. The summed E-state index contributed by atoms with van der Waals surface area (Å²) in [6.45, 7) is 1.61. The Hall–Kier alpha value is -3.09. The molecule has 2 rings (SSSR count). The van der Waals surface area contributed by atoms with E-state index in [1.54, 1.807) is 31.3 Å². The Bertz CT molecular complexity index is 732. The van der Waals surface area contributed by atoms with Crippen molar-refractivity contribution in [3.8, 4) is 0 Å². The first-order valence-electron chi connectivity index (χ1n) is 6.83. The van der Waals surface area contributed by atoms with Crippen LogP contribution in [0.2, 0.25) is 0 Å². The second-order valence-electron chi connectivity index (χ2n) is 4.77. The molecule has 0 aliphatic heterocycles. The number of amides is 2. The van der Waals surface area contributed by atoms with Gasteiger partial charge in [-0.15, -0.1) is 0 Å². The van der Waals surface area contributed by atoms with Crippen molar-refractivity contribution in [3.05, 3.63) is 60.2 Å². The van der Waals surface area contributed by atoms with Crippen LogP contribution in [0.3, 0.4) is 0 Å². The van der Waals surface area contributed by atoms with Crippen LogP contribution >= 0.6 is 0 Å². The summed E-state index contributed by atoms with van der Waals surface area (Å²) in [4.78, 5) is 27.4. The van der Waals surface area contributed by atoms with Gasteiger partial charge in [0.05, 0.1) is 12.0 Å². The predicted molar refractivity (Wildman–Crippen MR) is 84.5 cm³/mol. The Kier molecular flexibility index (Phi) is 5.51. The molecule has 0 unspecified atom stereocenters. The smallest absolute Gasteiger partial charge is 0.272 e. The maximum Gasteiger partial charge on any atom is 0.272 e. The number of benzene rings is 1. The van der Waals surface area contributed by atoms with E-state index < -0.39 is 11.7 Å². The van der Waals surface area contributed by atoms with E-state index in [1.807, 2.05) is 0 Å². The highest BCUT2D eigenvalue weighted by molar-refractivity contribution is 6.06. The van der Waals surface area contributed by atoms with E-state index >= 15 is 0 Å². The highest BCUT2D eigenvalue weighted by Crippen LogP contribution is 2.09. The van der Waals surface area contributed by atoms with Crippen molar-refractivity contribution in [3.63, 3.8) is 0 Å². The summed E-state index contributed by atoms with van der Waals surface area (Å²) < 4.78 is 13.0. The van der Waals surface area contributed by atoms with Crippen LogP contribution in [0.15, 0.2) is 53.9 Å². The fourth-order valence-corrected chi connectivity index (χ4v) is 1.75. The molecule has 2 amide bonds. The highest BCUT2D eigenvalue weighted by atomic mass is 19.1. The number of hydrogen-bond acceptors (Lipinski definition) is 4. The predicted octanol–water partition coefficient (Wildman–Crippen LogP) is 2.36. The van der Waals surface area contributed by atoms with Gasteiger partial charge in [0.25, 0.3) is 5.91 Å². The number of pyridine rings is 1. The minimum Gasteiger partial charge on any atom is -0.326 e. The molecule has 1 aromatic carbocycles. The molecule has 0 radical (unpaired) electrons. The lowest BCUT2D eigenvalue weighted by molar-refractivity contribution is -0.115. The van der Waals surface area contributed by atoms with Gasteiger partial charge in [0.2, 0.25) is 5.91 Å². The third kappa shape index (κ3) is 5.31. The molecule has 1 heterocycles. The summed E-state index contributed by atoms with van der Waals surface area (Å²) in [5.41, 5.74) is 3.49. The fraction of sp³-hybridized carbons (Fsp3) is 0.125. The van der Waals surface area contributed by atoms with Gasteiger partial charge >= 0.3 is 0 Å². The van der Waals surface area contributed by atoms with E-state index in [4.69, 9.17) is 0 Å². The number of hydrazone groups is 1. The van der Waals surface area contributed by atoms with Crippen LogP contribution in [0.1, 0.15) is 23.7 Å². The second-order valence-corrected chi connectivity index (χ2v) is 4.77. The van der Waals surface area contributed by atoms with Gasteiger partial charge in [0.1, 0.15) is 5.82 Å². The monoisotopic (exact) mass is 314 g/mol. The molecule has 0 bridgehead atoms. The molecular weight excluding hydrogens is 299 g/mol. The lowest BCUT2D eigenvalue weighted by Crippen LogP contribution is -2.21. The van der Waals surface area contributed by atoms with Gasteiger partial charge in [-0.05, 0) is 37.3 Å². The van der Waals surface area contributed by atoms with E-state index in [0.717, 1.165) is 0 Å². The number of carbonyl (C=O) groups is 2. The van der Waals surface area contributed by atoms with Crippen molar-refractivity contribution in [1.82, 2.24) is 10.4 Å². The van der Waals surface area contributed by atoms with Crippen LogP contribution in [0.25, 0.3) is 0 Å². The Labute approximate surface area is 132 Å². The standard InChI is InChI=1S/C16H15FN4O2/c1-11(20-21-16(23)12-4-3-7-18-10-12)8-15(22)19-14-6-2-5-13(17)9-14/h2-7,9-10H,8H2,1H3,(H,19,22)(H,21,23)/b20-11+. The van der Waals surface area contributed by atoms with Crippen LogP contribution in [0.5, 0.6) is 0 Å². The molecule has 1 aromatic heterocycles. The molecule has 23 heavy (non-hydrogen) atoms. The molecule has 0 fully saturated rings. The number of nitrogens with one attached hydrogen (secondary N) is 2. The molecule has 2 aromatic rings. The molecule has 0 spiro atoms. The number of rotatable bonds is 5. The Morgan fingerprint density at radius 3 is 2.78 bits per heavy atom. The minimum absolute atomic E-state index is 0.0240. The van der Waals surface area contributed by atoms with Crippen molar-refractivity contribution in [2.75, 3.05) is 5.32 Å². The zero-order chi connectivity index (χ0) is 16.7. The van der Waals surface area contributed by atoms with Crippen molar-refractivity contribution in [2.45, 2.75) is 13.3 Å². The third-order valence-corrected chi connectivity index (χ3v) is 2.80. The molecule has 118 valence electrons. The van der Waals surface area contributed by atoms with Gasteiger partial charge in [0, 0.05) is 23.8 Å². The Balaban J connectivity index is 1.87. The Morgan fingerprint density at radius 1 is 1.26 bits per heavy atom. The molecule has 0 aliphatic rings. The summed E-state index contributed by atoms with van der Waals surface area (Å²) in [7, 11) is 0. The zero-order valence-electron chi connectivity index (χ0n) is 12.4. The summed E-state index contributed by atoms with van der Waals surface area (Å²) in [6, 6.07) is 8.82. The fourth-order valence-electron chi connectivity index (χ4n) is 1.75. The van der Waals surface area contributed by atoms with E-state index in [0.29, 0.717) is 17.0 Å². The van der Waals surface area contributed by atoms with Crippen LogP contribution in [-0.2, 0) is 4.79 Å². The van der Waals surface area contributed by atoms with E-state index in [2.05, 4.69) is 20.8 Å². The molecule has 7 heteroatoms. The number of hydrogen-bond donors (Lipinski definition) is 2. The number of nitrogens with zero attached hydrogens (tertiary/aromatic N) is 2. The average Bonchev–Trinajstić information content (AvgIpc) is 2.53. The van der Waals surface area contributed by atoms with E-state index in [1.165, 1.54) is 24.4 Å². The van der Waals surface area contributed by atoms with Crippen LogP contribution in [0, 0.1) is 5.82 Å². The maximum atomic E-state index is 13.0. The largest absolute Gasteiger partial charge is 0.326 e. The molecule has 0 saturated carbocycles. The summed E-state index contributed by atoms with van der Waals surface area (Å²) in [6.07, 6.45) is 2.95. The first kappa shape index (κ1) is 16.3. The number of anilines is 1. The number of aromatic nitrogens is 1. The third-order valence-electron chi connectivity index (χ3n) is 2.80. The summed E-state index contributed by atoms with van der Waals surface area (Å²) >= 11 is 0. The molecular formula is C16H15FN4O2. The lowest BCUT2D eigenvalue weighted by atomic mass is 10.2. The molecule has 2 N–H and O–H groups in total. The Morgan fingerprint density at radius 2 is 2.09 bits per heavy atom. The lowest BCUT2D eigenvalue weighted by Gasteiger charge is -2.05. The van der Waals surface area contributed by atoms with Crippen molar-refractivity contribution < 1.29 is 14.0 Å². The topological polar surface area (TPSA) is 83.5 Å². The highest BCUT2D eigenvalue weighted by Gasteiger charge is 2.07. The molecule has 6 nitrogen and oxygen atoms in total. The summed E-state index contributed by atoms with van der Waals surface area (Å²) in [5.74, 6) is -1.20. The average molecular weight is 314 g/mol. The molecule has 0 saturated heterocycles. The summed E-state index contributed by atoms with van der Waals surface area (Å²) in [5, 5.41) is 6.40.